The first-order valence-corrected chi connectivity index (χ1v) is 4.52. The van der Waals surface area contributed by atoms with Crippen LogP contribution in [0.15, 0.2) is 23.4 Å². The zero-order chi connectivity index (χ0) is 9.90. The molecule has 0 aliphatic rings. The van der Waals surface area contributed by atoms with Crippen molar-refractivity contribution in [1.29, 1.82) is 0 Å². The minimum absolute atomic E-state index is 0.132. The van der Waals surface area contributed by atoms with Crippen LogP contribution in [0.4, 0.5) is 13.2 Å². The van der Waals surface area contributed by atoms with Crippen molar-refractivity contribution in [3.05, 3.63) is 24.0 Å². The van der Waals surface area contributed by atoms with Gasteiger partial charge in [-0.05, 0) is 29.8 Å². The Morgan fingerprint density at radius 1 is 1.38 bits per heavy atom. The highest BCUT2D eigenvalue weighted by Gasteiger charge is 2.29. The number of rotatable bonds is 2. The molecule has 0 radical (unpaired) electrons. The van der Waals surface area contributed by atoms with Gasteiger partial charge in [-0.1, -0.05) is 6.92 Å². The summed E-state index contributed by atoms with van der Waals surface area (Å²) in [6.07, 6.45) is 3.48. The molecule has 0 aliphatic carbocycles. The Balaban J connectivity index is 2.78. The Kier molecular flexibility index (Phi) is 3.19. The number of aromatic nitrogens is 1. The normalized spacial score (nSPS) is 11.7. The summed E-state index contributed by atoms with van der Waals surface area (Å²) in [5.41, 5.74) is -3.41. The van der Waals surface area contributed by atoms with E-state index in [1.807, 2.05) is 6.92 Å². The second-order valence-electron chi connectivity index (χ2n) is 2.43. The van der Waals surface area contributed by atoms with E-state index in [1.165, 1.54) is 12.3 Å². The van der Waals surface area contributed by atoms with Gasteiger partial charge in [-0.15, -0.1) is 0 Å². The maximum atomic E-state index is 11.9. The zero-order valence-corrected chi connectivity index (χ0v) is 7.75. The van der Waals surface area contributed by atoms with Crippen molar-refractivity contribution in [2.45, 2.75) is 23.7 Å². The van der Waals surface area contributed by atoms with Crippen molar-refractivity contribution >= 4 is 11.8 Å². The summed E-state index contributed by atoms with van der Waals surface area (Å²) in [6.45, 7) is 1.87. The Morgan fingerprint density at radius 3 is 2.62 bits per heavy atom. The predicted octanol–water partition coefficient (Wildman–Crippen LogP) is 3.26. The van der Waals surface area contributed by atoms with Gasteiger partial charge in [0.25, 0.3) is 0 Å². The standard InChI is InChI=1S/C8H8F3NS/c1-2-6-3-7(5-12-4-6)13-8(9,10)11/h3-5H,2H2,1H3. The summed E-state index contributed by atoms with van der Waals surface area (Å²) in [5, 5.41) is 0. The van der Waals surface area contributed by atoms with Gasteiger partial charge in [-0.3, -0.25) is 4.98 Å². The SMILES string of the molecule is CCc1cncc(SC(F)(F)F)c1. The lowest BCUT2D eigenvalue weighted by molar-refractivity contribution is -0.0328. The molecule has 0 saturated carbocycles. The first-order valence-electron chi connectivity index (χ1n) is 3.71. The smallest absolute Gasteiger partial charge is 0.263 e. The van der Waals surface area contributed by atoms with Crippen LogP contribution < -0.4 is 0 Å². The lowest BCUT2D eigenvalue weighted by Crippen LogP contribution is -1.99. The van der Waals surface area contributed by atoms with Gasteiger partial charge in [0.05, 0.1) is 0 Å². The number of pyridine rings is 1. The average molecular weight is 207 g/mol. The van der Waals surface area contributed by atoms with Crippen molar-refractivity contribution in [2.75, 3.05) is 0 Å². The quantitative estimate of drug-likeness (QED) is 0.690. The molecule has 0 bridgehead atoms. The van der Waals surface area contributed by atoms with E-state index in [9.17, 15) is 13.2 Å². The Morgan fingerprint density at radius 2 is 2.08 bits per heavy atom. The summed E-state index contributed by atoms with van der Waals surface area (Å²) in [5.74, 6) is 0. The minimum atomic E-state index is -4.23. The second kappa shape index (κ2) is 4.00. The molecule has 1 nitrogen and oxygen atoms in total. The van der Waals surface area contributed by atoms with Crippen LogP contribution in [0.2, 0.25) is 0 Å². The van der Waals surface area contributed by atoms with Gasteiger partial charge in [0.2, 0.25) is 0 Å². The average Bonchev–Trinajstić information content (AvgIpc) is 2.01. The maximum Gasteiger partial charge on any atom is 0.446 e. The number of hydrogen-bond acceptors (Lipinski definition) is 2. The molecule has 0 spiro atoms. The van der Waals surface area contributed by atoms with E-state index in [-0.39, 0.29) is 16.7 Å². The minimum Gasteiger partial charge on any atom is -0.263 e. The van der Waals surface area contributed by atoms with Crippen molar-refractivity contribution in [1.82, 2.24) is 4.98 Å². The number of thioether (sulfide) groups is 1. The molecule has 0 aromatic carbocycles. The Labute approximate surface area is 78.4 Å². The summed E-state index contributed by atoms with van der Waals surface area (Å²) in [4.78, 5) is 3.86. The molecule has 1 aromatic heterocycles. The fourth-order valence-corrected chi connectivity index (χ4v) is 1.44. The van der Waals surface area contributed by atoms with Crippen molar-refractivity contribution in [3.8, 4) is 0 Å². The highest BCUT2D eigenvalue weighted by atomic mass is 32.2. The van der Waals surface area contributed by atoms with E-state index in [0.29, 0.717) is 6.42 Å². The summed E-state index contributed by atoms with van der Waals surface area (Å²) in [6, 6.07) is 1.51. The van der Waals surface area contributed by atoms with Crippen LogP contribution in [0.25, 0.3) is 0 Å². The molecule has 0 fully saturated rings. The lowest BCUT2D eigenvalue weighted by Gasteiger charge is -2.05. The molecule has 13 heavy (non-hydrogen) atoms. The van der Waals surface area contributed by atoms with E-state index in [4.69, 9.17) is 0 Å². The van der Waals surface area contributed by atoms with Gasteiger partial charge in [0, 0.05) is 17.3 Å². The molecule has 1 rings (SSSR count). The first-order chi connectivity index (χ1) is 6.01. The maximum absolute atomic E-state index is 11.9. The molecular weight excluding hydrogens is 199 g/mol. The molecule has 1 aromatic rings. The van der Waals surface area contributed by atoms with Crippen LogP contribution in [0.3, 0.4) is 0 Å². The molecule has 0 aliphatic heterocycles. The highest BCUT2D eigenvalue weighted by Crippen LogP contribution is 2.36. The zero-order valence-electron chi connectivity index (χ0n) is 6.93. The van der Waals surface area contributed by atoms with Gasteiger partial charge in [-0.2, -0.15) is 13.2 Å². The fourth-order valence-electron chi connectivity index (χ4n) is 0.847. The molecule has 1 heterocycles. The Bertz CT molecular complexity index is 285. The molecule has 0 N–H and O–H groups in total. The van der Waals surface area contributed by atoms with E-state index in [0.717, 1.165) is 5.56 Å². The third-order valence-corrected chi connectivity index (χ3v) is 2.10. The molecule has 0 unspecified atom stereocenters. The van der Waals surface area contributed by atoms with Gasteiger partial charge in [-0.25, -0.2) is 0 Å². The lowest BCUT2D eigenvalue weighted by atomic mass is 10.2. The van der Waals surface area contributed by atoms with Crippen LogP contribution >= 0.6 is 11.8 Å². The topological polar surface area (TPSA) is 12.9 Å². The monoisotopic (exact) mass is 207 g/mol. The Hall–Kier alpha value is -0.710. The second-order valence-corrected chi connectivity index (χ2v) is 3.57. The van der Waals surface area contributed by atoms with Gasteiger partial charge in [0.1, 0.15) is 0 Å². The highest BCUT2D eigenvalue weighted by molar-refractivity contribution is 8.00. The van der Waals surface area contributed by atoms with E-state index < -0.39 is 5.51 Å². The molecule has 5 heteroatoms. The third-order valence-electron chi connectivity index (χ3n) is 1.41. The number of nitrogens with zero attached hydrogens (tertiary/aromatic N) is 1. The third kappa shape index (κ3) is 3.67. The van der Waals surface area contributed by atoms with E-state index in [1.54, 1.807) is 6.20 Å². The van der Waals surface area contributed by atoms with Crippen molar-refractivity contribution in [3.63, 3.8) is 0 Å². The van der Waals surface area contributed by atoms with Crippen LogP contribution in [0.1, 0.15) is 12.5 Å². The largest absolute Gasteiger partial charge is 0.446 e. The summed E-state index contributed by atoms with van der Waals surface area (Å²) < 4.78 is 35.7. The molecule has 0 amide bonds. The number of halogens is 3. The number of alkyl halides is 3. The van der Waals surface area contributed by atoms with Gasteiger partial charge >= 0.3 is 5.51 Å². The molecule has 0 saturated heterocycles. The van der Waals surface area contributed by atoms with Gasteiger partial charge in [0.15, 0.2) is 0 Å². The fraction of sp³-hybridized carbons (Fsp3) is 0.375. The van der Waals surface area contributed by atoms with Crippen LogP contribution in [0.5, 0.6) is 0 Å². The first kappa shape index (κ1) is 10.4. The van der Waals surface area contributed by atoms with Crippen LogP contribution in [-0.4, -0.2) is 10.5 Å². The molecule has 72 valence electrons. The molecule has 0 atom stereocenters. The van der Waals surface area contributed by atoms with Crippen LogP contribution in [0, 0.1) is 0 Å². The van der Waals surface area contributed by atoms with Crippen LogP contribution in [-0.2, 0) is 6.42 Å². The van der Waals surface area contributed by atoms with Crippen molar-refractivity contribution < 1.29 is 13.2 Å². The number of hydrogen-bond donors (Lipinski definition) is 0. The van der Waals surface area contributed by atoms with Crippen molar-refractivity contribution in [2.24, 2.45) is 0 Å². The summed E-state index contributed by atoms with van der Waals surface area (Å²) in [7, 11) is 0. The van der Waals surface area contributed by atoms with Gasteiger partial charge < -0.3 is 0 Å². The predicted molar refractivity (Wildman–Crippen MR) is 45.5 cm³/mol. The van der Waals surface area contributed by atoms with E-state index in [2.05, 4.69) is 4.98 Å². The number of aryl methyl sites for hydroxylation is 1. The summed E-state index contributed by atoms with van der Waals surface area (Å²) >= 11 is -0.132. The molecular formula is C8H8F3NS. The van der Waals surface area contributed by atoms with E-state index >= 15 is 0 Å².